The van der Waals surface area contributed by atoms with Gasteiger partial charge in [-0.05, 0) is 25.8 Å². The largest absolute Gasteiger partial charge is 0.480 e. The van der Waals surface area contributed by atoms with Gasteiger partial charge in [-0.15, -0.1) is 0 Å². The van der Waals surface area contributed by atoms with Crippen molar-refractivity contribution in [3.63, 3.8) is 0 Å². The number of carboxylic acid groups (broad SMARTS) is 1. The van der Waals surface area contributed by atoms with Crippen molar-refractivity contribution < 1.29 is 19.8 Å². The summed E-state index contributed by atoms with van der Waals surface area (Å²) in [6, 6.07) is 0.301. The Balaban J connectivity index is 2.99. The molecule has 0 aliphatic carbocycles. The van der Waals surface area contributed by atoms with Gasteiger partial charge in [0.1, 0.15) is 5.69 Å². The zero-order chi connectivity index (χ0) is 15.4. The molecule has 7 heteroatoms. The number of hydrogen-bond acceptors (Lipinski definition) is 4. The van der Waals surface area contributed by atoms with Gasteiger partial charge in [-0.2, -0.15) is 5.10 Å². The van der Waals surface area contributed by atoms with E-state index < -0.39 is 24.0 Å². The molecule has 1 rings (SSSR count). The smallest absolute Gasteiger partial charge is 0.328 e. The van der Waals surface area contributed by atoms with Gasteiger partial charge < -0.3 is 15.5 Å². The minimum absolute atomic E-state index is 0.168. The lowest BCUT2D eigenvalue weighted by molar-refractivity contribution is -0.141. The quantitative estimate of drug-likeness (QED) is 0.708. The fourth-order valence-electron chi connectivity index (χ4n) is 1.75. The summed E-state index contributed by atoms with van der Waals surface area (Å²) in [5.74, 6) is -1.67. The van der Waals surface area contributed by atoms with E-state index in [2.05, 4.69) is 10.4 Å². The number of amides is 1. The molecular formula is C13H21N3O4. The summed E-state index contributed by atoms with van der Waals surface area (Å²) in [5, 5.41) is 24.9. The molecule has 7 nitrogen and oxygen atoms in total. The molecular weight excluding hydrogens is 262 g/mol. The van der Waals surface area contributed by atoms with Gasteiger partial charge in [-0.25, -0.2) is 4.79 Å². The van der Waals surface area contributed by atoms with E-state index in [0.717, 1.165) is 5.69 Å². The fraction of sp³-hybridized carbons (Fsp3) is 0.615. The molecule has 0 spiro atoms. The van der Waals surface area contributed by atoms with Crippen molar-refractivity contribution >= 4 is 11.9 Å². The van der Waals surface area contributed by atoms with Crippen LogP contribution in [0.4, 0.5) is 0 Å². The predicted octanol–water partition coefficient (Wildman–Crippen LogP) is 0.590. The summed E-state index contributed by atoms with van der Waals surface area (Å²) >= 11 is 0. The molecule has 2 atom stereocenters. The summed E-state index contributed by atoms with van der Waals surface area (Å²) in [6.07, 6.45) is -1.18. The third-order valence-corrected chi connectivity index (χ3v) is 2.96. The molecule has 20 heavy (non-hydrogen) atoms. The second-order valence-corrected chi connectivity index (χ2v) is 4.95. The van der Waals surface area contributed by atoms with Crippen LogP contribution in [0.25, 0.3) is 0 Å². The van der Waals surface area contributed by atoms with Gasteiger partial charge in [0.15, 0.2) is 6.04 Å². The average molecular weight is 283 g/mol. The van der Waals surface area contributed by atoms with Gasteiger partial charge in [0.05, 0.1) is 11.8 Å². The van der Waals surface area contributed by atoms with Crippen molar-refractivity contribution in [1.82, 2.24) is 15.1 Å². The highest BCUT2D eigenvalue weighted by Crippen LogP contribution is 2.14. The molecule has 0 fully saturated rings. The van der Waals surface area contributed by atoms with Crippen molar-refractivity contribution in [2.24, 2.45) is 0 Å². The molecule has 1 aromatic rings. The van der Waals surface area contributed by atoms with Crippen LogP contribution in [0.15, 0.2) is 6.07 Å². The molecule has 112 valence electrons. The van der Waals surface area contributed by atoms with Gasteiger partial charge in [-0.1, -0.05) is 13.8 Å². The minimum Gasteiger partial charge on any atom is -0.480 e. The number of aliphatic hydroxyl groups excluding tert-OH is 1. The lowest BCUT2D eigenvalue weighted by Gasteiger charge is -2.17. The van der Waals surface area contributed by atoms with E-state index >= 15 is 0 Å². The Morgan fingerprint density at radius 3 is 2.40 bits per heavy atom. The van der Waals surface area contributed by atoms with Crippen molar-refractivity contribution in [2.45, 2.75) is 52.3 Å². The van der Waals surface area contributed by atoms with Gasteiger partial charge >= 0.3 is 5.97 Å². The Labute approximate surface area is 117 Å². The highest BCUT2D eigenvalue weighted by molar-refractivity contribution is 5.95. The molecule has 0 saturated carbocycles. The number of nitrogens with zero attached hydrogens (tertiary/aromatic N) is 2. The summed E-state index contributed by atoms with van der Waals surface area (Å²) in [5.41, 5.74) is 1.06. The second kappa shape index (κ2) is 6.51. The number of hydrogen-bond donors (Lipinski definition) is 3. The first-order chi connectivity index (χ1) is 9.27. The third kappa shape index (κ3) is 3.57. The number of aromatic nitrogens is 2. The summed E-state index contributed by atoms with van der Waals surface area (Å²) in [4.78, 5) is 23.1. The fourth-order valence-corrected chi connectivity index (χ4v) is 1.75. The normalized spacial score (nSPS) is 14.1. The second-order valence-electron chi connectivity index (χ2n) is 4.95. The van der Waals surface area contributed by atoms with Crippen LogP contribution in [-0.2, 0) is 11.3 Å². The first-order valence-electron chi connectivity index (χ1n) is 6.57. The molecule has 1 amide bonds. The van der Waals surface area contributed by atoms with Gasteiger partial charge in [0.2, 0.25) is 0 Å². The monoisotopic (exact) mass is 283 g/mol. The molecule has 3 N–H and O–H groups in total. The van der Waals surface area contributed by atoms with E-state index in [1.165, 1.54) is 11.6 Å². The van der Waals surface area contributed by atoms with Crippen LogP contribution >= 0.6 is 0 Å². The average Bonchev–Trinajstić information content (AvgIpc) is 2.79. The zero-order valence-corrected chi connectivity index (χ0v) is 12.1. The number of carboxylic acids is 1. The molecule has 2 unspecified atom stereocenters. The molecule has 0 bridgehead atoms. The minimum atomic E-state index is -1.34. The maximum Gasteiger partial charge on any atom is 0.328 e. The topological polar surface area (TPSA) is 104 Å². The van der Waals surface area contributed by atoms with E-state index in [1.54, 1.807) is 6.07 Å². The highest BCUT2D eigenvalue weighted by Gasteiger charge is 2.27. The van der Waals surface area contributed by atoms with E-state index in [4.69, 9.17) is 5.11 Å². The molecule has 0 aliphatic rings. The third-order valence-electron chi connectivity index (χ3n) is 2.96. The molecule has 0 aliphatic heterocycles. The number of aryl methyl sites for hydroxylation is 1. The van der Waals surface area contributed by atoms with Crippen LogP contribution in [0.5, 0.6) is 0 Å². The van der Waals surface area contributed by atoms with Crippen LogP contribution < -0.4 is 5.32 Å². The maximum absolute atomic E-state index is 12.1. The molecule has 1 aromatic heterocycles. The predicted molar refractivity (Wildman–Crippen MR) is 72.6 cm³/mol. The van der Waals surface area contributed by atoms with Crippen molar-refractivity contribution in [2.75, 3.05) is 0 Å². The number of aliphatic carboxylic acids is 1. The van der Waals surface area contributed by atoms with Crippen LogP contribution in [0, 0.1) is 0 Å². The summed E-state index contributed by atoms with van der Waals surface area (Å²) in [7, 11) is 0. The maximum atomic E-state index is 12.1. The summed E-state index contributed by atoms with van der Waals surface area (Å²) < 4.78 is 1.52. The Hall–Kier alpha value is -1.89. The number of carbonyl (C=O) groups excluding carboxylic acids is 1. The van der Waals surface area contributed by atoms with Crippen LogP contribution in [0.1, 0.15) is 49.8 Å². The lowest BCUT2D eigenvalue weighted by atomic mass is 10.1. The van der Waals surface area contributed by atoms with Crippen molar-refractivity contribution in [3.05, 3.63) is 17.5 Å². The van der Waals surface area contributed by atoms with Crippen molar-refractivity contribution in [3.8, 4) is 0 Å². The summed E-state index contributed by atoms with van der Waals surface area (Å²) in [6.45, 7) is 7.58. The van der Waals surface area contributed by atoms with Crippen LogP contribution in [-0.4, -0.2) is 44.0 Å². The van der Waals surface area contributed by atoms with E-state index in [1.807, 2.05) is 20.8 Å². The molecule has 0 aromatic carbocycles. The SMILES string of the molecule is CCn1nc(C(C)C)cc1C(=O)NC(C(=O)O)C(C)O. The van der Waals surface area contributed by atoms with Crippen LogP contribution in [0.2, 0.25) is 0 Å². The number of rotatable bonds is 6. The van der Waals surface area contributed by atoms with Gasteiger partial charge in [-0.3, -0.25) is 9.48 Å². The van der Waals surface area contributed by atoms with Gasteiger partial charge in [0, 0.05) is 6.54 Å². The Morgan fingerprint density at radius 1 is 1.40 bits per heavy atom. The molecule has 1 heterocycles. The Kier molecular flexibility index (Phi) is 5.26. The van der Waals surface area contributed by atoms with Crippen molar-refractivity contribution in [1.29, 1.82) is 0 Å². The number of carbonyl (C=O) groups is 2. The Bertz CT molecular complexity index is 494. The lowest BCUT2D eigenvalue weighted by Crippen LogP contribution is -2.48. The Morgan fingerprint density at radius 2 is 2.00 bits per heavy atom. The van der Waals surface area contributed by atoms with Gasteiger partial charge in [0.25, 0.3) is 5.91 Å². The first kappa shape index (κ1) is 16.2. The van der Waals surface area contributed by atoms with E-state index in [0.29, 0.717) is 12.2 Å². The number of aliphatic hydroxyl groups is 1. The number of nitrogens with one attached hydrogen (secondary N) is 1. The van der Waals surface area contributed by atoms with Crippen LogP contribution in [0.3, 0.4) is 0 Å². The molecule has 0 radical (unpaired) electrons. The standard InChI is InChI=1S/C13H21N3O4/c1-5-16-10(6-9(15-16)7(2)3)12(18)14-11(8(4)17)13(19)20/h6-8,11,17H,5H2,1-4H3,(H,14,18)(H,19,20). The highest BCUT2D eigenvalue weighted by atomic mass is 16.4. The van der Waals surface area contributed by atoms with E-state index in [-0.39, 0.29) is 5.92 Å². The first-order valence-corrected chi connectivity index (χ1v) is 6.57. The molecule has 0 saturated heterocycles. The zero-order valence-electron chi connectivity index (χ0n) is 12.1. The van der Waals surface area contributed by atoms with E-state index in [9.17, 15) is 14.7 Å².